The van der Waals surface area contributed by atoms with E-state index in [9.17, 15) is 12.8 Å². The summed E-state index contributed by atoms with van der Waals surface area (Å²) in [5.41, 5.74) is -1.47. The standard InChI is InChI=1S/C8H9FO3S/c1-6(10)13(11,12)8-4-2-7(9)3-5-8/h2-6,10H,1H3. The Morgan fingerprint density at radius 3 is 2.15 bits per heavy atom. The van der Waals surface area contributed by atoms with E-state index >= 15 is 0 Å². The molecular weight excluding hydrogens is 195 g/mol. The molecule has 1 atom stereocenters. The molecule has 5 heteroatoms. The molecule has 72 valence electrons. The second-order valence-electron chi connectivity index (χ2n) is 2.60. The van der Waals surface area contributed by atoms with E-state index in [0.29, 0.717) is 0 Å². The number of hydrogen-bond donors (Lipinski definition) is 1. The summed E-state index contributed by atoms with van der Waals surface area (Å²) in [5, 5.41) is 8.92. The van der Waals surface area contributed by atoms with Crippen LogP contribution in [0.2, 0.25) is 0 Å². The summed E-state index contributed by atoms with van der Waals surface area (Å²) in [5.74, 6) is -0.510. The van der Waals surface area contributed by atoms with Gasteiger partial charge in [-0.05, 0) is 31.2 Å². The molecule has 0 fully saturated rings. The van der Waals surface area contributed by atoms with Gasteiger partial charge >= 0.3 is 0 Å². The number of aliphatic hydroxyl groups is 1. The van der Waals surface area contributed by atoms with Crippen LogP contribution in [0.5, 0.6) is 0 Å². The van der Waals surface area contributed by atoms with Crippen LogP contribution in [0.1, 0.15) is 6.92 Å². The average Bonchev–Trinajstić information content (AvgIpc) is 2.04. The quantitative estimate of drug-likeness (QED) is 0.729. The third-order valence-corrected chi connectivity index (χ3v) is 3.42. The maximum atomic E-state index is 12.4. The van der Waals surface area contributed by atoms with Gasteiger partial charge in [0.1, 0.15) is 5.82 Å². The minimum Gasteiger partial charge on any atom is -0.377 e. The number of hydrogen-bond acceptors (Lipinski definition) is 3. The summed E-state index contributed by atoms with van der Waals surface area (Å²) in [7, 11) is -3.70. The lowest BCUT2D eigenvalue weighted by Crippen LogP contribution is -2.16. The Labute approximate surface area is 75.7 Å². The molecule has 1 N–H and O–H groups in total. The van der Waals surface area contributed by atoms with Crippen LogP contribution in [0.15, 0.2) is 29.2 Å². The molecule has 0 amide bonds. The summed E-state index contributed by atoms with van der Waals surface area (Å²) < 4.78 is 35.0. The molecule has 0 saturated heterocycles. The fraction of sp³-hybridized carbons (Fsp3) is 0.250. The molecule has 13 heavy (non-hydrogen) atoms. The normalized spacial score (nSPS) is 14.1. The Morgan fingerprint density at radius 2 is 1.77 bits per heavy atom. The lowest BCUT2D eigenvalue weighted by Gasteiger charge is -2.05. The lowest BCUT2D eigenvalue weighted by atomic mass is 10.4. The number of benzene rings is 1. The van der Waals surface area contributed by atoms with Crippen molar-refractivity contribution in [3.8, 4) is 0 Å². The molecule has 1 aromatic rings. The zero-order chi connectivity index (χ0) is 10.1. The Balaban J connectivity index is 3.17. The van der Waals surface area contributed by atoms with Crippen molar-refractivity contribution < 1.29 is 17.9 Å². The van der Waals surface area contributed by atoms with Gasteiger partial charge in [0.05, 0.1) is 4.90 Å². The van der Waals surface area contributed by atoms with Crippen molar-refractivity contribution in [2.75, 3.05) is 0 Å². The van der Waals surface area contributed by atoms with Crippen molar-refractivity contribution in [3.63, 3.8) is 0 Å². The van der Waals surface area contributed by atoms with Crippen molar-refractivity contribution >= 4 is 9.84 Å². The van der Waals surface area contributed by atoms with Crippen LogP contribution in [-0.2, 0) is 9.84 Å². The molecule has 1 rings (SSSR count). The summed E-state index contributed by atoms with van der Waals surface area (Å²) >= 11 is 0. The summed E-state index contributed by atoms with van der Waals surface area (Å²) in [6, 6.07) is 4.32. The minimum absolute atomic E-state index is 0.0797. The highest BCUT2D eigenvalue weighted by Crippen LogP contribution is 2.14. The summed E-state index contributed by atoms with van der Waals surface area (Å²) in [6.07, 6.45) is 0. The van der Waals surface area contributed by atoms with Crippen molar-refractivity contribution in [1.82, 2.24) is 0 Å². The monoisotopic (exact) mass is 204 g/mol. The third-order valence-electron chi connectivity index (χ3n) is 1.59. The molecule has 0 heterocycles. The van der Waals surface area contributed by atoms with E-state index in [0.717, 1.165) is 31.2 Å². The van der Waals surface area contributed by atoms with Crippen LogP contribution in [0.3, 0.4) is 0 Å². The summed E-state index contributed by atoms with van der Waals surface area (Å²) in [6.45, 7) is 1.15. The van der Waals surface area contributed by atoms with Crippen LogP contribution < -0.4 is 0 Å². The molecule has 0 spiro atoms. The van der Waals surface area contributed by atoms with E-state index in [-0.39, 0.29) is 4.90 Å². The van der Waals surface area contributed by atoms with Gasteiger partial charge in [-0.1, -0.05) is 0 Å². The predicted molar refractivity (Wildman–Crippen MR) is 45.3 cm³/mol. The van der Waals surface area contributed by atoms with Crippen LogP contribution >= 0.6 is 0 Å². The first-order chi connectivity index (χ1) is 5.94. The van der Waals surface area contributed by atoms with Crippen molar-refractivity contribution in [2.45, 2.75) is 17.3 Å². The SMILES string of the molecule is CC(O)S(=O)(=O)c1ccc(F)cc1. The molecule has 1 unspecified atom stereocenters. The van der Waals surface area contributed by atoms with Gasteiger partial charge in [0.25, 0.3) is 0 Å². The van der Waals surface area contributed by atoms with E-state index in [1.54, 1.807) is 0 Å². The Bertz CT molecular complexity index is 380. The van der Waals surface area contributed by atoms with E-state index in [4.69, 9.17) is 5.11 Å². The maximum Gasteiger partial charge on any atom is 0.204 e. The van der Waals surface area contributed by atoms with Crippen LogP contribution in [0.4, 0.5) is 4.39 Å². The molecule has 0 aliphatic rings. The first-order valence-corrected chi connectivity index (χ1v) is 5.17. The van der Waals surface area contributed by atoms with Gasteiger partial charge in [-0.25, -0.2) is 12.8 Å². The molecule has 0 aliphatic carbocycles. The van der Waals surface area contributed by atoms with Gasteiger partial charge in [0.15, 0.2) is 5.44 Å². The number of aliphatic hydroxyl groups excluding tert-OH is 1. The van der Waals surface area contributed by atoms with Gasteiger partial charge < -0.3 is 5.11 Å². The van der Waals surface area contributed by atoms with Gasteiger partial charge in [-0.15, -0.1) is 0 Å². The van der Waals surface area contributed by atoms with E-state index in [1.807, 2.05) is 0 Å². The molecule has 1 aromatic carbocycles. The molecular formula is C8H9FO3S. The first-order valence-electron chi connectivity index (χ1n) is 3.62. The molecule has 0 radical (unpaired) electrons. The Morgan fingerprint density at radius 1 is 1.31 bits per heavy atom. The largest absolute Gasteiger partial charge is 0.377 e. The smallest absolute Gasteiger partial charge is 0.204 e. The highest BCUT2D eigenvalue weighted by atomic mass is 32.2. The van der Waals surface area contributed by atoms with E-state index < -0.39 is 21.1 Å². The van der Waals surface area contributed by atoms with E-state index in [2.05, 4.69) is 0 Å². The number of halogens is 1. The van der Waals surface area contributed by atoms with Crippen LogP contribution in [0, 0.1) is 5.82 Å². The lowest BCUT2D eigenvalue weighted by molar-refractivity contribution is 0.268. The fourth-order valence-electron chi connectivity index (χ4n) is 0.821. The van der Waals surface area contributed by atoms with Crippen molar-refractivity contribution in [1.29, 1.82) is 0 Å². The molecule has 0 saturated carbocycles. The minimum atomic E-state index is -3.70. The molecule has 0 aromatic heterocycles. The average molecular weight is 204 g/mol. The van der Waals surface area contributed by atoms with Gasteiger partial charge in [-0.2, -0.15) is 0 Å². The topological polar surface area (TPSA) is 54.4 Å². The van der Waals surface area contributed by atoms with Crippen molar-refractivity contribution in [2.24, 2.45) is 0 Å². The zero-order valence-corrected chi connectivity index (χ0v) is 7.75. The molecule has 0 bridgehead atoms. The van der Waals surface area contributed by atoms with Crippen LogP contribution in [0.25, 0.3) is 0 Å². The fourth-order valence-corrected chi connectivity index (χ4v) is 1.73. The van der Waals surface area contributed by atoms with Crippen LogP contribution in [-0.4, -0.2) is 19.0 Å². The van der Waals surface area contributed by atoms with E-state index in [1.165, 1.54) is 0 Å². The second-order valence-corrected chi connectivity index (χ2v) is 4.84. The predicted octanol–water partition coefficient (Wildman–Crippen LogP) is 0.938. The third kappa shape index (κ3) is 2.05. The second kappa shape index (κ2) is 3.43. The highest BCUT2D eigenvalue weighted by molar-refractivity contribution is 7.91. The zero-order valence-electron chi connectivity index (χ0n) is 6.94. The Kier molecular flexibility index (Phi) is 2.68. The van der Waals surface area contributed by atoms with Gasteiger partial charge in [-0.3, -0.25) is 0 Å². The maximum absolute atomic E-state index is 12.4. The number of sulfone groups is 1. The summed E-state index contributed by atoms with van der Waals surface area (Å²) in [4.78, 5) is -0.0797. The highest BCUT2D eigenvalue weighted by Gasteiger charge is 2.20. The van der Waals surface area contributed by atoms with Gasteiger partial charge in [0.2, 0.25) is 9.84 Å². The first kappa shape index (κ1) is 10.1. The van der Waals surface area contributed by atoms with Gasteiger partial charge in [0, 0.05) is 0 Å². The number of rotatable bonds is 2. The molecule has 0 aliphatic heterocycles. The Hall–Kier alpha value is -0.940. The van der Waals surface area contributed by atoms with Crippen molar-refractivity contribution in [3.05, 3.63) is 30.1 Å². The molecule has 3 nitrogen and oxygen atoms in total.